The summed E-state index contributed by atoms with van der Waals surface area (Å²) in [5.74, 6) is 2.35. The predicted octanol–water partition coefficient (Wildman–Crippen LogP) is 2.64. The average molecular weight is 375 g/mol. The van der Waals surface area contributed by atoms with Gasteiger partial charge in [-0.3, -0.25) is 9.67 Å². The lowest BCUT2D eigenvalue weighted by Gasteiger charge is -2.26. The van der Waals surface area contributed by atoms with E-state index >= 15 is 0 Å². The van der Waals surface area contributed by atoms with Crippen LogP contribution in [0, 0.1) is 0 Å². The number of rotatable bonds is 3. The minimum atomic E-state index is 0.175. The molecule has 1 unspecified atom stereocenters. The molecule has 4 heterocycles. The highest BCUT2D eigenvalue weighted by atomic mass is 15.3. The van der Waals surface area contributed by atoms with E-state index in [0.717, 1.165) is 30.4 Å². The molecule has 0 aliphatic carbocycles. The maximum Gasteiger partial charge on any atom is 0.173 e. The van der Waals surface area contributed by atoms with Crippen LogP contribution in [0.5, 0.6) is 0 Å². The molecule has 0 radical (unpaired) electrons. The molecule has 3 aliphatic rings. The maximum atomic E-state index is 4.75. The number of benzene rings is 1. The molecule has 7 nitrogen and oxygen atoms in total. The van der Waals surface area contributed by atoms with E-state index in [4.69, 9.17) is 4.99 Å². The molecule has 0 amide bonds. The molecular weight excluding hydrogens is 350 g/mol. The highest BCUT2D eigenvalue weighted by Crippen LogP contribution is 2.30. The summed E-state index contributed by atoms with van der Waals surface area (Å²) in [5, 5.41) is 11.2. The molecule has 28 heavy (non-hydrogen) atoms. The molecule has 1 fully saturated rings. The molecule has 2 aromatic rings. The molecule has 0 bridgehead atoms. The van der Waals surface area contributed by atoms with E-state index in [-0.39, 0.29) is 6.04 Å². The van der Waals surface area contributed by atoms with Crippen LogP contribution >= 0.6 is 0 Å². The van der Waals surface area contributed by atoms with Crippen molar-refractivity contribution in [1.29, 1.82) is 0 Å². The summed E-state index contributed by atoms with van der Waals surface area (Å²) in [4.78, 5) is 11.5. The lowest BCUT2D eigenvalue weighted by atomic mass is 9.90. The number of aromatic nitrogens is 2. The number of hydrogen-bond donors (Lipinski definition) is 2. The van der Waals surface area contributed by atoms with Crippen LogP contribution in [0.25, 0.3) is 0 Å². The second-order valence-corrected chi connectivity index (χ2v) is 7.58. The molecule has 1 aromatic carbocycles. The molecule has 0 spiro atoms. The maximum absolute atomic E-state index is 4.75. The summed E-state index contributed by atoms with van der Waals surface area (Å²) in [7, 11) is 1.94. The van der Waals surface area contributed by atoms with Crippen molar-refractivity contribution in [2.45, 2.75) is 24.8 Å². The summed E-state index contributed by atoms with van der Waals surface area (Å²) in [6, 6.07) is 8.96. The summed E-state index contributed by atoms with van der Waals surface area (Å²) in [5.41, 5.74) is 3.63. The van der Waals surface area contributed by atoms with Gasteiger partial charge in [0, 0.05) is 36.9 Å². The number of piperidine rings is 1. The van der Waals surface area contributed by atoms with Gasteiger partial charge in [-0.1, -0.05) is 12.1 Å². The molecule has 1 aromatic heterocycles. The number of nitrogens with zero attached hydrogens (tertiary/aromatic N) is 5. The van der Waals surface area contributed by atoms with Crippen LogP contribution in [-0.2, 0) is 7.05 Å². The van der Waals surface area contributed by atoms with E-state index < -0.39 is 0 Å². The topological polar surface area (TPSA) is 69.8 Å². The van der Waals surface area contributed by atoms with Crippen molar-refractivity contribution in [1.82, 2.24) is 20.0 Å². The largest absolute Gasteiger partial charge is 0.337 e. The van der Waals surface area contributed by atoms with Crippen molar-refractivity contribution in [3.05, 3.63) is 60.2 Å². The minimum Gasteiger partial charge on any atom is -0.337 e. The Morgan fingerprint density at radius 3 is 2.68 bits per heavy atom. The number of amidine groups is 2. The van der Waals surface area contributed by atoms with E-state index in [9.17, 15) is 0 Å². The first kappa shape index (κ1) is 17.2. The van der Waals surface area contributed by atoms with Crippen LogP contribution in [0.4, 0.5) is 5.69 Å². The highest BCUT2D eigenvalue weighted by Gasteiger charge is 2.32. The summed E-state index contributed by atoms with van der Waals surface area (Å²) < 4.78 is 1.83. The van der Waals surface area contributed by atoms with Crippen LogP contribution in [0.1, 0.15) is 35.9 Å². The molecule has 7 heteroatoms. The van der Waals surface area contributed by atoms with Gasteiger partial charge in [-0.15, -0.1) is 0 Å². The van der Waals surface area contributed by atoms with Gasteiger partial charge < -0.3 is 15.5 Å². The predicted molar refractivity (Wildman–Crippen MR) is 112 cm³/mol. The zero-order chi connectivity index (χ0) is 18.9. The Morgan fingerprint density at radius 1 is 1.11 bits per heavy atom. The number of aliphatic imine (C=N–C) groups is 2. The van der Waals surface area contributed by atoms with Crippen LogP contribution in [0.2, 0.25) is 0 Å². The van der Waals surface area contributed by atoms with Gasteiger partial charge >= 0.3 is 0 Å². The highest BCUT2D eigenvalue weighted by molar-refractivity contribution is 6.45. The van der Waals surface area contributed by atoms with Crippen molar-refractivity contribution in [3.63, 3.8) is 0 Å². The zero-order valence-electron chi connectivity index (χ0n) is 16.0. The second kappa shape index (κ2) is 7.24. The number of hydrogen-bond acceptors (Lipinski definition) is 6. The fourth-order valence-corrected chi connectivity index (χ4v) is 4.20. The molecule has 1 atom stereocenters. The fourth-order valence-electron chi connectivity index (χ4n) is 4.20. The third kappa shape index (κ3) is 3.22. The Labute approximate surface area is 164 Å². The smallest absolute Gasteiger partial charge is 0.173 e. The fraction of sp³-hybridized carbons (Fsp3) is 0.381. The van der Waals surface area contributed by atoms with E-state index in [2.05, 4.69) is 56.1 Å². The van der Waals surface area contributed by atoms with E-state index in [0.29, 0.717) is 12.5 Å². The van der Waals surface area contributed by atoms with Gasteiger partial charge in [0.25, 0.3) is 0 Å². The Kier molecular flexibility index (Phi) is 4.44. The normalized spacial score (nSPS) is 22.0. The Morgan fingerprint density at radius 2 is 1.93 bits per heavy atom. The first-order valence-electron chi connectivity index (χ1n) is 9.92. The lowest BCUT2D eigenvalue weighted by molar-refractivity contribution is 0.458. The SMILES string of the molecule is Cn1cc(C2CN=C3C(Nc4ccc(C5CCNCC5)cc4)=NC=CN32)cn1. The molecule has 2 N–H and O–H groups in total. The number of aryl methyl sites for hydroxylation is 1. The number of nitrogens with one attached hydrogen (secondary N) is 2. The summed E-state index contributed by atoms with van der Waals surface area (Å²) >= 11 is 0. The summed E-state index contributed by atoms with van der Waals surface area (Å²) in [6.45, 7) is 2.93. The first-order valence-corrected chi connectivity index (χ1v) is 9.92. The molecule has 3 aliphatic heterocycles. The van der Waals surface area contributed by atoms with Gasteiger partial charge in [0.2, 0.25) is 0 Å². The summed E-state index contributed by atoms with van der Waals surface area (Å²) in [6.07, 6.45) is 10.2. The lowest BCUT2D eigenvalue weighted by Crippen LogP contribution is -2.37. The van der Waals surface area contributed by atoms with E-state index in [1.54, 1.807) is 0 Å². The van der Waals surface area contributed by atoms with Crippen LogP contribution in [-0.4, -0.2) is 46.0 Å². The molecule has 144 valence electrons. The second-order valence-electron chi connectivity index (χ2n) is 7.58. The minimum absolute atomic E-state index is 0.175. The standard InChI is InChI=1S/C21H25N7/c1-27-14-17(12-25-27)19-13-24-21-20(23-10-11-28(19)21)26-18-4-2-15(3-5-18)16-6-8-22-9-7-16/h2-5,10-12,14,16,19,22H,6-9,13H2,1H3,(H,23,26). The zero-order valence-corrected chi connectivity index (χ0v) is 16.0. The van der Waals surface area contributed by atoms with Gasteiger partial charge in [0.1, 0.15) is 0 Å². The molecule has 1 saturated heterocycles. The van der Waals surface area contributed by atoms with Crippen molar-refractivity contribution in [2.75, 3.05) is 25.0 Å². The van der Waals surface area contributed by atoms with Crippen LogP contribution in [0.15, 0.2) is 59.0 Å². The monoisotopic (exact) mass is 375 g/mol. The van der Waals surface area contributed by atoms with Crippen molar-refractivity contribution < 1.29 is 0 Å². The average Bonchev–Trinajstić information content (AvgIpc) is 3.36. The van der Waals surface area contributed by atoms with E-state index in [1.165, 1.54) is 24.0 Å². The van der Waals surface area contributed by atoms with Gasteiger partial charge in [-0.25, -0.2) is 4.99 Å². The molecule has 5 rings (SSSR count). The van der Waals surface area contributed by atoms with Crippen LogP contribution < -0.4 is 10.6 Å². The van der Waals surface area contributed by atoms with Gasteiger partial charge in [0.15, 0.2) is 11.7 Å². The van der Waals surface area contributed by atoms with Gasteiger partial charge in [0.05, 0.1) is 18.8 Å². The Bertz CT molecular complexity index is 932. The Balaban J connectivity index is 1.29. The Hall–Kier alpha value is -2.93. The number of anilines is 1. The molecular formula is C21H25N7. The van der Waals surface area contributed by atoms with Crippen molar-refractivity contribution >= 4 is 17.4 Å². The third-order valence-electron chi connectivity index (χ3n) is 5.73. The van der Waals surface area contributed by atoms with Gasteiger partial charge in [-0.2, -0.15) is 5.10 Å². The van der Waals surface area contributed by atoms with Crippen molar-refractivity contribution in [2.24, 2.45) is 17.0 Å². The van der Waals surface area contributed by atoms with Crippen molar-refractivity contribution in [3.8, 4) is 0 Å². The number of fused-ring (bicyclic) bond motifs is 1. The molecule has 0 saturated carbocycles. The van der Waals surface area contributed by atoms with E-state index in [1.807, 2.05) is 30.3 Å². The third-order valence-corrected chi connectivity index (χ3v) is 5.73. The quantitative estimate of drug-likeness (QED) is 0.865. The van der Waals surface area contributed by atoms with Crippen LogP contribution in [0.3, 0.4) is 0 Å². The van der Waals surface area contributed by atoms with Gasteiger partial charge in [-0.05, 0) is 49.5 Å². The first-order chi connectivity index (χ1) is 13.8.